The summed E-state index contributed by atoms with van der Waals surface area (Å²) >= 11 is 3.37. The third-order valence-corrected chi connectivity index (χ3v) is 3.66. The van der Waals surface area contributed by atoms with Crippen molar-refractivity contribution in [2.45, 2.75) is 25.8 Å². The van der Waals surface area contributed by atoms with Crippen LogP contribution in [-0.4, -0.2) is 18.5 Å². The average Bonchev–Trinajstić information content (AvgIpc) is 3.12. The molecule has 1 atom stereocenters. The van der Waals surface area contributed by atoms with Gasteiger partial charge < -0.3 is 11.1 Å². The van der Waals surface area contributed by atoms with Crippen molar-refractivity contribution in [1.82, 2.24) is 5.32 Å². The predicted molar refractivity (Wildman–Crippen MR) is 71.9 cm³/mol. The van der Waals surface area contributed by atoms with Crippen molar-refractivity contribution < 1.29 is 4.79 Å². The third-order valence-electron chi connectivity index (χ3n) is 3.17. The Hall–Kier alpha value is -0.870. The topological polar surface area (TPSA) is 55.1 Å². The van der Waals surface area contributed by atoms with Gasteiger partial charge in [0.05, 0.1) is 0 Å². The number of amides is 1. The summed E-state index contributed by atoms with van der Waals surface area (Å²) in [6, 6.07) is 5.81. The fourth-order valence-electron chi connectivity index (χ4n) is 1.84. The first-order valence-electron chi connectivity index (χ1n) is 5.88. The van der Waals surface area contributed by atoms with E-state index in [1.54, 1.807) is 0 Å². The molecule has 0 radical (unpaired) electrons. The summed E-state index contributed by atoms with van der Waals surface area (Å²) < 4.78 is 0.916. The van der Waals surface area contributed by atoms with Crippen LogP contribution in [0.3, 0.4) is 0 Å². The molecule has 4 heteroatoms. The first-order valence-corrected chi connectivity index (χ1v) is 6.67. The zero-order chi connectivity index (χ0) is 12.4. The van der Waals surface area contributed by atoms with Gasteiger partial charge in [0, 0.05) is 22.6 Å². The van der Waals surface area contributed by atoms with Gasteiger partial charge in [-0.2, -0.15) is 0 Å². The molecule has 1 unspecified atom stereocenters. The summed E-state index contributed by atoms with van der Waals surface area (Å²) in [7, 11) is 0. The molecule has 17 heavy (non-hydrogen) atoms. The van der Waals surface area contributed by atoms with Crippen molar-refractivity contribution in [2.75, 3.05) is 6.54 Å². The normalized spacial score (nSPS) is 16.6. The Bertz CT molecular complexity index is 429. The average molecular weight is 297 g/mol. The molecular formula is C13H17BrN2O. The van der Waals surface area contributed by atoms with Gasteiger partial charge >= 0.3 is 0 Å². The van der Waals surface area contributed by atoms with Gasteiger partial charge in [-0.1, -0.05) is 22.0 Å². The zero-order valence-corrected chi connectivity index (χ0v) is 11.5. The van der Waals surface area contributed by atoms with Gasteiger partial charge in [0.15, 0.2) is 0 Å². The van der Waals surface area contributed by atoms with Crippen LogP contribution in [-0.2, 0) is 0 Å². The number of carbonyl (C=O) groups is 1. The number of carbonyl (C=O) groups excluding carboxylic acids is 1. The molecule has 1 saturated carbocycles. The minimum absolute atomic E-state index is 0.0418. The summed E-state index contributed by atoms with van der Waals surface area (Å²) in [6.07, 6.45) is 2.40. The zero-order valence-electron chi connectivity index (χ0n) is 9.87. The number of rotatable bonds is 4. The van der Waals surface area contributed by atoms with E-state index in [1.807, 2.05) is 25.1 Å². The lowest BCUT2D eigenvalue weighted by molar-refractivity contribution is 0.0949. The molecular weight excluding hydrogens is 280 g/mol. The maximum absolute atomic E-state index is 12.0. The second-order valence-electron chi connectivity index (χ2n) is 4.67. The Morgan fingerprint density at radius 1 is 1.59 bits per heavy atom. The van der Waals surface area contributed by atoms with Crippen LogP contribution in [0.15, 0.2) is 22.7 Å². The van der Waals surface area contributed by atoms with Gasteiger partial charge in [0.25, 0.3) is 5.91 Å². The highest BCUT2D eigenvalue weighted by Crippen LogP contribution is 2.31. The van der Waals surface area contributed by atoms with Gasteiger partial charge in [0.2, 0.25) is 0 Å². The smallest absolute Gasteiger partial charge is 0.251 e. The van der Waals surface area contributed by atoms with Crippen LogP contribution in [0.4, 0.5) is 0 Å². The molecule has 3 nitrogen and oxygen atoms in total. The summed E-state index contributed by atoms with van der Waals surface area (Å²) in [5, 5.41) is 2.90. The van der Waals surface area contributed by atoms with Crippen LogP contribution in [0.1, 0.15) is 28.8 Å². The summed E-state index contributed by atoms with van der Waals surface area (Å²) in [4.78, 5) is 12.0. The van der Waals surface area contributed by atoms with Crippen molar-refractivity contribution in [1.29, 1.82) is 0 Å². The molecule has 1 aliphatic rings. The highest BCUT2D eigenvalue weighted by Gasteiger charge is 2.28. The van der Waals surface area contributed by atoms with Crippen LogP contribution in [0, 0.1) is 12.8 Å². The second kappa shape index (κ2) is 5.19. The van der Waals surface area contributed by atoms with E-state index in [-0.39, 0.29) is 11.9 Å². The third kappa shape index (κ3) is 3.30. The Labute approximate surface area is 110 Å². The summed E-state index contributed by atoms with van der Waals surface area (Å²) in [5.74, 6) is 0.568. The van der Waals surface area contributed by atoms with Crippen LogP contribution >= 0.6 is 15.9 Å². The van der Waals surface area contributed by atoms with Crippen molar-refractivity contribution >= 4 is 21.8 Å². The molecule has 1 aliphatic carbocycles. The van der Waals surface area contributed by atoms with E-state index in [1.165, 1.54) is 12.8 Å². The van der Waals surface area contributed by atoms with E-state index < -0.39 is 0 Å². The molecule has 2 rings (SSSR count). The maximum atomic E-state index is 12.0. The van der Waals surface area contributed by atoms with E-state index in [2.05, 4.69) is 21.2 Å². The molecule has 0 aliphatic heterocycles. The Morgan fingerprint density at radius 2 is 2.29 bits per heavy atom. The molecule has 1 amide bonds. The summed E-state index contributed by atoms with van der Waals surface area (Å²) in [6.45, 7) is 2.50. The minimum Gasteiger partial charge on any atom is -0.350 e. The second-order valence-corrected chi connectivity index (χ2v) is 5.59. The monoisotopic (exact) mass is 296 g/mol. The number of aryl methyl sites for hydroxylation is 1. The molecule has 0 heterocycles. The van der Waals surface area contributed by atoms with Crippen LogP contribution in [0.25, 0.3) is 0 Å². The van der Waals surface area contributed by atoms with Crippen molar-refractivity contribution in [3.05, 3.63) is 33.8 Å². The number of halogens is 1. The van der Waals surface area contributed by atoms with Gasteiger partial charge in [-0.05, 0) is 43.4 Å². The highest BCUT2D eigenvalue weighted by molar-refractivity contribution is 9.10. The number of nitrogens with one attached hydrogen (secondary N) is 1. The van der Waals surface area contributed by atoms with Crippen molar-refractivity contribution in [3.8, 4) is 0 Å². The van der Waals surface area contributed by atoms with Gasteiger partial charge in [0.1, 0.15) is 0 Å². The van der Waals surface area contributed by atoms with Gasteiger partial charge in [-0.3, -0.25) is 4.79 Å². The van der Waals surface area contributed by atoms with Crippen molar-refractivity contribution in [3.63, 3.8) is 0 Å². The van der Waals surface area contributed by atoms with Crippen LogP contribution in [0.5, 0.6) is 0 Å². The molecule has 1 aromatic carbocycles. The molecule has 1 aromatic rings. The lowest BCUT2D eigenvalue weighted by Gasteiger charge is -2.12. The molecule has 0 bridgehead atoms. The Morgan fingerprint density at radius 3 is 2.94 bits per heavy atom. The molecule has 92 valence electrons. The number of nitrogens with two attached hydrogens (primary N) is 1. The molecule has 1 fully saturated rings. The minimum atomic E-state index is -0.0418. The summed E-state index contributed by atoms with van der Waals surface area (Å²) in [5.41, 5.74) is 7.64. The predicted octanol–water partition coefficient (Wildman–Crippen LogP) is 2.22. The Kier molecular flexibility index (Phi) is 3.84. The van der Waals surface area contributed by atoms with E-state index in [0.717, 1.165) is 10.0 Å². The largest absolute Gasteiger partial charge is 0.350 e. The SMILES string of the molecule is Cc1ccc(Br)cc1C(=O)NCC(N)C1CC1. The standard InChI is InChI=1S/C13H17BrN2O/c1-8-2-5-10(14)6-11(8)13(17)16-7-12(15)9-3-4-9/h2,5-6,9,12H,3-4,7,15H2,1H3,(H,16,17). The number of benzene rings is 1. The van der Waals surface area contributed by atoms with E-state index in [0.29, 0.717) is 18.0 Å². The van der Waals surface area contributed by atoms with Crippen LogP contribution < -0.4 is 11.1 Å². The molecule has 3 N–H and O–H groups in total. The number of hydrogen-bond donors (Lipinski definition) is 2. The van der Waals surface area contributed by atoms with Crippen LogP contribution in [0.2, 0.25) is 0 Å². The van der Waals surface area contributed by atoms with E-state index in [9.17, 15) is 4.79 Å². The van der Waals surface area contributed by atoms with E-state index >= 15 is 0 Å². The molecule has 0 spiro atoms. The lowest BCUT2D eigenvalue weighted by Crippen LogP contribution is -2.38. The number of hydrogen-bond acceptors (Lipinski definition) is 2. The first-order chi connectivity index (χ1) is 8.08. The maximum Gasteiger partial charge on any atom is 0.251 e. The highest BCUT2D eigenvalue weighted by atomic mass is 79.9. The molecule has 0 aromatic heterocycles. The fourth-order valence-corrected chi connectivity index (χ4v) is 2.20. The van der Waals surface area contributed by atoms with Gasteiger partial charge in [-0.15, -0.1) is 0 Å². The molecule has 0 saturated heterocycles. The van der Waals surface area contributed by atoms with Crippen molar-refractivity contribution in [2.24, 2.45) is 11.7 Å². The first kappa shape index (κ1) is 12.6. The fraction of sp³-hybridized carbons (Fsp3) is 0.462. The van der Waals surface area contributed by atoms with E-state index in [4.69, 9.17) is 5.73 Å². The quantitative estimate of drug-likeness (QED) is 0.895. The lowest BCUT2D eigenvalue weighted by atomic mass is 10.1. The van der Waals surface area contributed by atoms with Gasteiger partial charge in [-0.25, -0.2) is 0 Å². The Balaban J connectivity index is 1.96.